The topological polar surface area (TPSA) is 56.0 Å². The summed E-state index contributed by atoms with van der Waals surface area (Å²) in [7, 11) is 0. The van der Waals surface area contributed by atoms with Crippen LogP contribution < -0.4 is 5.63 Å². The lowest BCUT2D eigenvalue weighted by Crippen LogP contribution is -1.96. The van der Waals surface area contributed by atoms with E-state index in [9.17, 15) is 4.79 Å². The molecule has 3 aromatic heterocycles. The van der Waals surface area contributed by atoms with Crippen LogP contribution in [0, 0.1) is 6.92 Å². The average molecular weight is 294 g/mol. The molecule has 0 saturated carbocycles. The molecule has 0 atom stereocenters. The number of aryl methyl sites for hydroxylation is 1. The minimum absolute atomic E-state index is 0.358. The highest BCUT2D eigenvalue weighted by Gasteiger charge is 2.14. The summed E-state index contributed by atoms with van der Waals surface area (Å²) >= 11 is 1.33. The molecule has 0 unspecified atom stereocenters. The highest BCUT2D eigenvalue weighted by atomic mass is 32.1. The zero-order valence-electron chi connectivity index (χ0n) is 11.2. The number of hydrogen-bond donors (Lipinski definition) is 0. The third kappa shape index (κ3) is 1.86. The fourth-order valence-corrected chi connectivity index (χ4v) is 3.54. The Hall–Kier alpha value is -2.53. The zero-order valence-corrected chi connectivity index (χ0v) is 12.0. The van der Waals surface area contributed by atoms with E-state index in [4.69, 9.17) is 4.42 Å². The van der Waals surface area contributed by atoms with Gasteiger partial charge in [0.1, 0.15) is 15.0 Å². The maximum absolute atomic E-state index is 11.8. The van der Waals surface area contributed by atoms with Crippen molar-refractivity contribution in [3.63, 3.8) is 0 Å². The number of thiophene rings is 1. The zero-order chi connectivity index (χ0) is 14.4. The second-order valence-corrected chi connectivity index (χ2v) is 5.79. The van der Waals surface area contributed by atoms with Gasteiger partial charge in [-0.25, -0.2) is 14.8 Å². The van der Waals surface area contributed by atoms with Gasteiger partial charge in [0.15, 0.2) is 6.39 Å². The number of pyridine rings is 1. The van der Waals surface area contributed by atoms with Crippen molar-refractivity contribution in [1.82, 2.24) is 9.97 Å². The first-order valence-corrected chi connectivity index (χ1v) is 7.29. The maximum atomic E-state index is 11.8. The van der Waals surface area contributed by atoms with Crippen LogP contribution in [0.15, 0.2) is 52.0 Å². The van der Waals surface area contributed by atoms with E-state index >= 15 is 0 Å². The van der Waals surface area contributed by atoms with Crippen LogP contribution in [-0.2, 0) is 0 Å². The first-order valence-electron chi connectivity index (χ1n) is 6.47. The number of aromatic nitrogens is 2. The minimum atomic E-state index is -0.358. The van der Waals surface area contributed by atoms with Crippen molar-refractivity contribution >= 4 is 31.8 Å². The largest absolute Gasteiger partial charge is 0.410 e. The van der Waals surface area contributed by atoms with Crippen molar-refractivity contribution in [3.05, 3.63) is 58.8 Å². The summed E-state index contributed by atoms with van der Waals surface area (Å²) in [4.78, 5) is 21.5. The van der Waals surface area contributed by atoms with Crippen molar-refractivity contribution in [2.24, 2.45) is 0 Å². The van der Waals surface area contributed by atoms with Crippen molar-refractivity contribution in [2.45, 2.75) is 6.92 Å². The van der Waals surface area contributed by atoms with Crippen LogP contribution in [0.25, 0.3) is 31.7 Å². The van der Waals surface area contributed by atoms with Crippen LogP contribution in [0.1, 0.15) is 5.56 Å². The molecule has 1 aromatic carbocycles. The second kappa shape index (κ2) is 4.49. The van der Waals surface area contributed by atoms with Gasteiger partial charge in [0.05, 0.1) is 5.69 Å². The predicted octanol–water partition coefficient (Wildman–Crippen LogP) is 3.77. The van der Waals surface area contributed by atoms with Gasteiger partial charge in [-0.05, 0) is 18.6 Å². The van der Waals surface area contributed by atoms with Crippen LogP contribution in [0.3, 0.4) is 0 Å². The molecule has 3 heterocycles. The Labute approximate surface area is 123 Å². The molecular weight excluding hydrogens is 284 g/mol. The van der Waals surface area contributed by atoms with Gasteiger partial charge >= 0.3 is 5.63 Å². The summed E-state index contributed by atoms with van der Waals surface area (Å²) in [5, 5.41) is 0.933. The van der Waals surface area contributed by atoms with Crippen LogP contribution in [0.5, 0.6) is 0 Å². The molecule has 0 spiro atoms. The quantitative estimate of drug-likeness (QED) is 0.536. The summed E-state index contributed by atoms with van der Waals surface area (Å²) in [6, 6.07) is 12.0. The number of nitrogens with zero attached hydrogens (tertiary/aromatic N) is 2. The average Bonchev–Trinajstić information content (AvgIpc) is 2.89. The Kier molecular flexibility index (Phi) is 2.62. The molecule has 0 aliphatic carbocycles. The third-order valence-electron chi connectivity index (χ3n) is 3.43. The van der Waals surface area contributed by atoms with Crippen LogP contribution in [0.2, 0.25) is 0 Å². The van der Waals surface area contributed by atoms with Gasteiger partial charge < -0.3 is 4.42 Å². The van der Waals surface area contributed by atoms with Gasteiger partial charge in [-0.2, -0.15) is 0 Å². The molecule has 0 radical (unpaired) electrons. The van der Waals surface area contributed by atoms with E-state index in [-0.39, 0.29) is 5.63 Å². The highest BCUT2D eigenvalue weighted by molar-refractivity contribution is 7.25. The van der Waals surface area contributed by atoms with Gasteiger partial charge in [-0.1, -0.05) is 30.3 Å². The first kappa shape index (κ1) is 12.2. The molecule has 21 heavy (non-hydrogen) atoms. The van der Waals surface area contributed by atoms with Crippen molar-refractivity contribution in [2.75, 3.05) is 0 Å². The summed E-state index contributed by atoms with van der Waals surface area (Å²) in [6.07, 6.45) is 1.20. The van der Waals surface area contributed by atoms with Gasteiger partial charge in [-0.15, -0.1) is 11.3 Å². The lowest BCUT2D eigenvalue weighted by molar-refractivity contribution is 0.502. The van der Waals surface area contributed by atoms with Gasteiger partial charge in [-0.3, -0.25) is 0 Å². The van der Waals surface area contributed by atoms with Crippen molar-refractivity contribution in [3.8, 4) is 11.3 Å². The number of benzene rings is 1. The van der Waals surface area contributed by atoms with Crippen LogP contribution in [-0.4, -0.2) is 9.97 Å². The standard InChI is InChI=1S/C16H10N2O2S/c1-9-7-11(10-5-3-2-4-6-10)18-15-12(9)13-14(21-15)16(19)20-8-17-13/h2-8H,1H3. The van der Waals surface area contributed by atoms with E-state index in [1.54, 1.807) is 0 Å². The molecule has 5 heteroatoms. The number of rotatable bonds is 1. The molecule has 0 N–H and O–H groups in total. The Balaban J connectivity index is 2.10. The van der Waals surface area contributed by atoms with E-state index in [1.807, 2.05) is 43.3 Å². The summed E-state index contributed by atoms with van der Waals surface area (Å²) in [5.41, 5.74) is 3.33. The van der Waals surface area contributed by atoms with Crippen LogP contribution >= 0.6 is 11.3 Å². The molecule has 4 nitrogen and oxygen atoms in total. The van der Waals surface area contributed by atoms with E-state index in [1.165, 1.54) is 17.7 Å². The number of hydrogen-bond acceptors (Lipinski definition) is 5. The first-order chi connectivity index (χ1) is 10.2. The van der Waals surface area contributed by atoms with Gasteiger partial charge in [0.2, 0.25) is 0 Å². The van der Waals surface area contributed by atoms with E-state index in [0.29, 0.717) is 10.2 Å². The van der Waals surface area contributed by atoms with E-state index in [0.717, 1.165) is 27.0 Å². The fourth-order valence-electron chi connectivity index (χ4n) is 2.46. The third-order valence-corrected chi connectivity index (χ3v) is 4.48. The van der Waals surface area contributed by atoms with E-state index in [2.05, 4.69) is 9.97 Å². The normalized spacial score (nSPS) is 11.3. The molecule has 0 aliphatic rings. The Morgan fingerprint density at radius 2 is 2.00 bits per heavy atom. The second-order valence-electron chi connectivity index (χ2n) is 4.79. The highest BCUT2D eigenvalue weighted by Crippen LogP contribution is 2.33. The minimum Gasteiger partial charge on any atom is -0.410 e. The molecule has 0 amide bonds. The molecule has 4 aromatic rings. The smallest absolute Gasteiger partial charge is 0.356 e. The fraction of sp³-hybridized carbons (Fsp3) is 0.0625. The van der Waals surface area contributed by atoms with Gasteiger partial charge in [0.25, 0.3) is 0 Å². The molecule has 0 bridgehead atoms. The van der Waals surface area contributed by atoms with Crippen molar-refractivity contribution < 1.29 is 4.42 Å². The molecule has 4 rings (SSSR count). The summed E-state index contributed by atoms with van der Waals surface area (Å²) in [5.74, 6) is 0. The predicted molar refractivity (Wildman–Crippen MR) is 83.6 cm³/mol. The van der Waals surface area contributed by atoms with Crippen LogP contribution in [0.4, 0.5) is 0 Å². The molecule has 102 valence electrons. The SMILES string of the molecule is Cc1cc(-c2ccccc2)nc2sc3c(=O)ocnc3c12. The molecule has 0 saturated heterocycles. The molecule has 0 fully saturated rings. The lowest BCUT2D eigenvalue weighted by atomic mass is 10.1. The van der Waals surface area contributed by atoms with Gasteiger partial charge in [0, 0.05) is 10.9 Å². The molecular formula is C16H10N2O2S. The molecule has 0 aliphatic heterocycles. The Bertz CT molecular complexity index is 1020. The summed E-state index contributed by atoms with van der Waals surface area (Å²) in [6.45, 7) is 2.01. The van der Waals surface area contributed by atoms with E-state index < -0.39 is 0 Å². The Morgan fingerprint density at radius 1 is 1.19 bits per heavy atom. The maximum Gasteiger partial charge on any atom is 0.356 e. The monoisotopic (exact) mass is 294 g/mol. The Morgan fingerprint density at radius 3 is 2.81 bits per heavy atom. The lowest BCUT2D eigenvalue weighted by Gasteiger charge is -2.03. The number of fused-ring (bicyclic) bond motifs is 3. The summed E-state index contributed by atoms with van der Waals surface area (Å²) < 4.78 is 5.36. The van der Waals surface area contributed by atoms with Crippen molar-refractivity contribution in [1.29, 1.82) is 0 Å².